The van der Waals surface area contributed by atoms with Crippen LogP contribution < -0.4 is 5.32 Å². The van der Waals surface area contributed by atoms with E-state index >= 15 is 0 Å². The zero-order valence-corrected chi connectivity index (χ0v) is 13.6. The van der Waals surface area contributed by atoms with E-state index in [-0.39, 0.29) is 5.54 Å². The zero-order valence-electron chi connectivity index (χ0n) is 13.6. The fourth-order valence-corrected chi connectivity index (χ4v) is 3.53. The Kier molecular flexibility index (Phi) is 4.91. The topological polar surface area (TPSA) is 18.5 Å². The largest absolute Gasteiger partial charge is 0.312 e. The van der Waals surface area contributed by atoms with Gasteiger partial charge in [-0.3, -0.25) is 4.90 Å². The van der Waals surface area contributed by atoms with Crippen LogP contribution in [0.25, 0.3) is 0 Å². The maximum absolute atomic E-state index is 3.63. The lowest BCUT2D eigenvalue weighted by Crippen LogP contribution is -2.43. The molecule has 2 fully saturated rings. The SMILES string of the molecule is CC(CNC(C)(C)C)CN1CCC2CCC(C1)N2C. The predicted molar refractivity (Wildman–Crippen MR) is 82.5 cm³/mol. The molecule has 3 nitrogen and oxygen atoms in total. The molecule has 1 N–H and O–H groups in total. The Morgan fingerprint density at radius 1 is 1.16 bits per heavy atom. The predicted octanol–water partition coefficient (Wildman–Crippen LogP) is 2.18. The molecule has 0 amide bonds. The van der Waals surface area contributed by atoms with Gasteiger partial charge >= 0.3 is 0 Å². The minimum Gasteiger partial charge on any atom is -0.312 e. The molecule has 0 aromatic carbocycles. The Balaban J connectivity index is 1.77. The van der Waals surface area contributed by atoms with Crippen LogP contribution in [0.2, 0.25) is 0 Å². The van der Waals surface area contributed by atoms with Crippen molar-refractivity contribution in [1.82, 2.24) is 15.1 Å². The Bertz CT molecular complexity index is 284. The van der Waals surface area contributed by atoms with Crippen LogP contribution in [-0.4, -0.2) is 60.6 Å². The van der Waals surface area contributed by atoms with E-state index in [1.54, 1.807) is 0 Å². The second kappa shape index (κ2) is 6.11. The Labute approximate surface area is 119 Å². The molecule has 19 heavy (non-hydrogen) atoms. The van der Waals surface area contributed by atoms with Crippen molar-refractivity contribution in [3.05, 3.63) is 0 Å². The number of fused-ring (bicyclic) bond motifs is 2. The molecule has 112 valence electrons. The highest BCUT2D eigenvalue weighted by Gasteiger charge is 2.34. The molecule has 3 heteroatoms. The minimum absolute atomic E-state index is 0.242. The summed E-state index contributed by atoms with van der Waals surface area (Å²) >= 11 is 0. The van der Waals surface area contributed by atoms with Gasteiger partial charge in [-0.15, -0.1) is 0 Å². The van der Waals surface area contributed by atoms with E-state index in [0.717, 1.165) is 24.5 Å². The Morgan fingerprint density at radius 2 is 1.84 bits per heavy atom. The molecule has 0 aromatic rings. The van der Waals surface area contributed by atoms with Crippen molar-refractivity contribution in [2.24, 2.45) is 5.92 Å². The fourth-order valence-electron chi connectivity index (χ4n) is 3.53. The molecule has 2 saturated heterocycles. The second-order valence-corrected chi connectivity index (χ2v) is 7.83. The molecular weight excluding hydrogens is 234 g/mol. The first-order valence-corrected chi connectivity index (χ1v) is 8.04. The smallest absolute Gasteiger partial charge is 0.0223 e. The maximum atomic E-state index is 3.63. The van der Waals surface area contributed by atoms with E-state index in [0.29, 0.717) is 0 Å². The van der Waals surface area contributed by atoms with Gasteiger partial charge < -0.3 is 10.2 Å². The van der Waals surface area contributed by atoms with Gasteiger partial charge in [0.05, 0.1) is 0 Å². The van der Waals surface area contributed by atoms with E-state index in [9.17, 15) is 0 Å². The third-order valence-corrected chi connectivity index (χ3v) is 4.78. The van der Waals surface area contributed by atoms with Crippen LogP contribution in [0.5, 0.6) is 0 Å². The van der Waals surface area contributed by atoms with E-state index in [1.165, 1.54) is 38.9 Å². The highest BCUT2D eigenvalue weighted by atomic mass is 15.3. The van der Waals surface area contributed by atoms with Gasteiger partial charge in [0.1, 0.15) is 0 Å². The molecule has 0 aromatic heterocycles. The van der Waals surface area contributed by atoms with Crippen molar-refractivity contribution in [3.8, 4) is 0 Å². The summed E-state index contributed by atoms with van der Waals surface area (Å²) in [6.45, 7) is 14.1. The monoisotopic (exact) mass is 267 g/mol. The van der Waals surface area contributed by atoms with Gasteiger partial charge in [-0.25, -0.2) is 0 Å². The van der Waals surface area contributed by atoms with Gasteiger partial charge in [-0.2, -0.15) is 0 Å². The first-order chi connectivity index (χ1) is 8.85. The number of nitrogens with zero attached hydrogens (tertiary/aromatic N) is 2. The molecule has 2 rings (SSSR count). The molecule has 3 atom stereocenters. The van der Waals surface area contributed by atoms with Gasteiger partial charge in [0, 0.05) is 30.7 Å². The molecular formula is C16H33N3. The highest BCUT2D eigenvalue weighted by molar-refractivity contribution is 4.91. The normalized spacial score (nSPS) is 31.4. The number of likely N-dealkylation sites (tertiary alicyclic amines) is 1. The summed E-state index contributed by atoms with van der Waals surface area (Å²) in [6, 6.07) is 1.67. The molecule has 2 bridgehead atoms. The van der Waals surface area contributed by atoms with Gasteiger partial charge in [0.25, 0.3) is 0 Å². The van der Waals surface area contributed by atoms with Crippen molar-refractivity contribution in [2.75, 3.05) is 33.2 Å². The Morgan fingerprint density at radius 3 is 2.53 bits per heavy atom. The number of nitrogens with one attached hydrogen (secondary N) is 1. The molecule has 2 aliphatic heterocycles. The molecule has 0 aliphatic carbocycles. The average molecular weight is 267 g/mol. The molecule has 0 radical (unpaired) electrons. The van der Waals surface area contributed by atoms with Crippen molar-refractivity contribution < 1.29 is 0 Å². The summed E-state index contributed by atoms with van der Waals surface area (Å²) in [7, 11) is 2.33. The first-order valence-electron chi connectivity index (χ1n) is 8.04. The second-order valence-electron chi connectivity index (χ2n) is 7.83. The van der Waals surface area contributed by atoms with E-state index < -0.39 is 0 Å². The summed E-state index contributed by atoms with van der Waals surface area (Å²) in [5.74, 6) is 0.737. The van der Waals surface area contributed by atoms with Crippen molar-refractivity contribution in [1.29, 1.82) is 0 Å². The average Bonchev–Trinajstić information content (AvgIpc) is 2.54. The molecule has 2 aliphatic rings. The molecule has 2 heterocycles. The van der Waals surface area contributed by atoms with E-state index in [4.69, 9.17) is 0 Å². The maximum Gasteiger partial charge on any atom is 0.0223 e. The number of likely N-dealkylation sites (N-methyl/N-ethyl adjacent to an activating group) is 1. The van der Waals surface area contributed by atoms with Crippen molar-refractivity contribution >= 4 is 0 Å². The van der Waals surface area contributed by atoms with Crippen LogP contribution in [-0.2, 0) is 0 Å². The number of rotatable bonds is 4. The van der Waals surface area contributed by atoms with Crippen LogP contribution in [0.4, 0.5) is 0 Å². The van der Waals surface area contributed by atoms with Crippen LogP contribution in [0.3, 0.4) is 0 Å². The third-order valence-electron chi connectivity index (χ3n) is 4.78. The minimum atomic E-state index is 0.242. The van der Waals surface area contributed by atoms with E-state index in [1.807, 2.05) is 0 Å². The summed E-state index contributed by atoms with van der Waals surface area (Å²) < 4.78 is 0. The fraction of sp³-hybridized carbons (Fsp3) is 1.00. The lowest BCUT2D eigenvalue weighted by atomic mass is 10.0. The van der Waals surface area contributed by atoms with Gasteiger partial charge in [0.15, 0.2) is 0 Å². The summed E-state index contributed by atoms with van der Waals surface area (Å²) in [4.78, 5) is 5.34. The van der Waals surface area contributed by atoms with E-state index in [2.05, 4.69) is 49.9 Å². The quantitative estimate of drug-likeness (QED) is 0.842. The molecule has 3 unspecified atom stereocenters. The van der Waals surface area contributed by atoms with Gasteiger partial charge in [-0.05, 0) is 66.1 Å². The molecule has 0 spiro atoms. The Hall–Kier alpha value is -0.120. The summed E-state index contributed by atoms with van der Waals surface area (Å²) in [5, 5.41) is 3.63. The van der Waals surface area contributed by atoms with Crippen molar-refractivity contribution in [2.45, 2.75) is 64.6 Å². The summed E-state index contributed by atoms with van der Waals surface area (Å²) in [6.07, 6.45) is 4.20. The standard InChI is InChI=1S/C16H33N3/c1-13(10-17-16(2,3)4)11-19-9-8-14-6-7-15(12-19)18(14)5/h13-15,17H,6-12H2,1-5H3. The lowest BCUT2D eigenvalue weighted by Gasteiger charge is -2.30. The first kappa shape index (κ1) is 15.3. The van der Waals surface area contributed by atoms with Crippen LogP contribution in [0.15, 0.2) is 0 Å². The summed E-state index contributed by atoms with van der Waals surface area (Å²) in [5.41, 5.74) is 0.242. The van der Waals surface area contributed by atoms with Crippen LogP contribution in [0.1, 0.15) is 47.0 Å². The van der Waals surface area contributed by atoms with Crippen LogP contribution >= 0.6 is 0 Å². The van der Waals surface area contributed by atoms with Gasteiger partial charge in [0.2, 0.25) is 0 Å². The number of hydrogen-bond acceptors (Lipinski definition) is 3. The van der Waals surface area contributed by atoms with Gasteiger partial charge in [-0.1, -0.05) is 6.92 Å². The lowest BCUT2D eigenvalue weighted by molar-refractivity contribution is 0.197. The molecule has 0 saturated carbocycles. The highest BCUT2D eigenvalue weighted by Crippen LogP contribution is 2.28. The zero-order chi connectivity index (χ0) is 14.0. The number of hydrogen-bond donors (Lipinski definition) is 1. The van der Waals surface area contributed by atoms with Crippen LogP contribution in [0, 0.1) is 5.92 Å². The third kappa shape index (κ3) is 4.44. The van der Waals surface area contributed by atoms with Crippen molar-refractivity contribution in [3.63, 3.8) is 0 Å².